The molecule has 3 aromatic rings. The van der Waals surface area contributed by atoms with Gasteiger partial charge >= 0.3 is 0 Å². The van der Waals surface area contributed by atoms with Gasteiger partial charge in [0.2, 0.25) is 15.9 Å². The molecule has 9 nitrogen and oxygen atoms in total. The average Bonchev–Trinajstić information content (AvgIpc) is 3.29. The van der Waals surface area contributed by atoms with Crippen LogP contribution in [0.1, 0.15) is 12.8 Å². The molecular weight excluding hydrogens is 472 g/mol. The van der Waals surface area contributed by atoms with Crippen molar-refractivity contribution >= 4 is 37.5 Å². The number of aromatic nitrogens is 4. The highest BCUT2D eigenvalue weighted by atomic mass is 79.9. The number of anilines is 1. The zero-order valence-corrected chi connectivity index (χ0v) is 18.3. The minimum absolute atomic E-state index is 0.145. The molecule has 0 spiro atoms. The third kappa shape index (κ3) is 4.27. The lowest BCUT2D eigenvalue weighted by Crippen LogP contribution is -2.41. The molecule has 11 heteroatoms. The number of nitrogens with zero attached hydrogens (tertiary/aromatic N) is 5. The molecule has 1 aliphatic rings. The molecular formula is C19H19BrN6O3S. The van der Waals surface area contributed by atoms with Crippen LogP contribution in [0.15, 0.2) is 64.7 Å². The summed E-state index contributed by atoms with van der Waals surface area (Å²) >= 11 is 3.42. The minimum Gasteiger partial charge on any atom is -0.324 e. The molecule has 156 valence electrons. The Hall–Kier alpha value is -2.63. The van der Waals surface area contributed by atoms with E-state index >= 15 is 0 Å². The molecule has 2 aromatic heterocycles. The first-order chi connectivity index (χ1) is 14.4. The van der Waals surface area contributed by atoms with E-state index in [9.17, 15) is 13.2 Å². The van der Waals surface area contributed by atoms with Crippen LogP contribution in [0.3, 0.4) is 0 Å². The number of piperidine rings is 1. The van der Waals surface area contributed by atoms with Gasteiger partial charge in [-0.3, -0.25) is 9.78 Å². The molecule has 4 rings (SSSR count). The number of sulfonamides is 1. The number of halogens is 1. The van der Waals surface area contributed by atoms with Crippen LogP contribution in [0.4, 0.5) is 5.69 Å². The molecule has 0 bridgehead atoms. The molecule has 0 aliphatic carbocycles. The van der Waals surface area contributed by atoms with Crippen molar-refractivity contribution < 1.29 is 13.2 Å². The molecule has 1 fully saturated rings. The Balaban J connectivity index is 1.44. The number of hydrogen-bond acceptors (Lipinski definition) is 6. The maximum Gasteiger partial charge on any atom is 0.244 e. The smallest absolute Gasteiger partial charge is 0.244 e. The summed E-state index contributed by atoms with van der Waals surface area (Å²) in [5.41, 5.74) is 1.30. The van der Waals surface area contributed by atoms with Crippen LogP contribution >= 0.6 is 15.9 Å². The van der Waals surface area contributed by atoms with Crippen LogP contribution in [-0.2, 0) is 14.8 Å². The Morgan fingerprint density at radius 3 is 2.63 bits per heavy atom. The molecule has 1 saturated heterocycles. The normalized spacial score (nSPS) is 15.8. The summed E-state index contributed by atoms with van der Waals surface area (Å²) in [6.07, 6.45) is 6.74. The molecule has 3 heterocycles. The Morgan fingerprint density at radius 1 is 1.17 bits per heavy atom. The zero-order valence-electron chi connectivity index (χ0n) is 15.8. The largest absolute Gasteiger partial charge is 0.324 e. The second kappa shape index (κ2) is 8.62. The van der Waals surface area contributed by atoms with E-state index in [1.165, 1.54) is 29.1 Å². The monoisotopic (exact) mass is 490 g/mol. The number of carbonyl (C=O) groups is 1. The van der Waals surface area contributed by atoms with Gasteiger partial charge in [-0.25, -0.2) is 18.1 Å². The number of rotatable bonds is 5. The molecule has 30 heavy (non-hydrogen) atoms. The predicted molar refractivity (Wildman–Crippen MR) is 113 cm³/mol. The van der Waals surface area contributed by atoms with E-state index in [4.69, 9.17) is 0 Å². The highest BCUT2D eigenvalue weighted by molar-refractivity contribution is 9.10. The molecule has 1 aromatic carbocycles. The molecule has 1 aliphatic heterocycles. The fourth-order valence-electron chi connectivity index (χ4n) is 3.38. The second-order valence-electron chi connectivity index (χ2n) is 6.86. The van der Waals surface area contributed by atoms with Crippen LogP contribution in [0.5, 0.6) is 0 Å². The summed E-state index contributed by atoms with van der Waals surface area (Å²) in [5.74, 6) is -0.430. The van der Waals surface area contributed by atoms with Crippen molar-refractivity contribution in [3.8, 4) is 5.69 Å². The SMILES string of the molecule is O=C(Nc1cc(Br)ccc1-n1cncn1)C1CCN(S(=O)(=O)c2cccnc2)CC1. The van der Waals surface area contributed by atoms with Gasteiger partial charge in [0.15, 0.2) is 0 Å². The number of carbonyl (C=O) groups excluding carboxylic acids is 1. The van der Waals surface area contributed by atoms with Crippen molar-refractivity contribution in [1.82, 2.24) is 24.1 Å². The number of pyridine rings is 1. The van der Waals surface area contributed by atoms with Gasteiger partial charge in [0.25, 0.3) is 0 Å². The first-order valence-corrected chi connectivity index (χ1v) is 11.5. The number of nitrogens with one attached hydrogen (secondary N) is 1. The molecule has 0 saturated carbocycles. The van der Waals surface area contributed by atoms with Gasteiger partial charge in [-0.1, -0.05) is 15.9 Å². The fraction of sp³-hybridized carbons (Fsp3) is 0.263. The number of benzene rings is 1. The van der Waals surface area contributed by atoms with Crippen LogP contribution in [-0.4, -0.2) is 51.5 Å². The molecule has 0 radical (unpaired) electrons. The van der Waals surface area contributed by atoms with Crippen molar-refractivity contribution in [2.24, 2.45) is 5.92 Å². The van der Waals surface area contributed by atoms with E-state index in [1.807, 2.05) is 12.1 Å². The average molecular weight is 491 g/mol. The Kier molecular flexibility index (Phi) is 5.93. The van der Waals surface area contributed by atoms with Crippen LogP contribution < -0.4 is 5.32 Å². The van der Waals surface area contributed by atoms with E-state index < -0.39 is 10.0 Å². The number of amides is 1. The third-order valence-corrected chi connectivity index (χ3v) is 7.35. The fourth-order valence-corrected chi connectivity index (χ4v) is 5.18. The van der Waals surface area contributed by atoms with E-state index in [0.717, 1.165) is 4.47 Å². The Bertz CT molecular complexity index is 1130. The standard InChI is InChI=1S/C19H19BrN6O3S/c20-15-3-4-18(26-13-22-12-23-26)17(10-15)24-19(27)14-5-8-25(9-6-14)30(28,29)16-2-1-7-21-11-16/h1-4,7,10-14H,5-6,8-9H2,(H,24,27). The summed E-state index contributed by atoms with van der Waals surface area (Å²) in [5, 5.41) is 7.08. The highest BCUT2D eigenvalue weighted by Gasteiger charge is 2.32. The lowest BCUT2D eigenvalue weighted by molar-refractivity contribution is -0.120. The van der Waals surface area contributed by atoms with Crippen molar-refractivity contribution in [3.63, 3.8) is 0 Å². The highest BCUT2D eigenvalue weighted by Crippen LogP contribution is 2.28. The molecule has 0 unspecified atom stereocenters. The number of hydrogen-bond donors (Lipinski definition) is 1. The molecule has 1 N–H and O–H groups in total. The third-order valence-electron chi connectivity index (χ3n) is 4.98. The maximum absolute atomic E-state index is 12.9. The summed E-state index contributed by atoms with van der Waals surface area (Å²) in [4.78, 5) is 20.9. The van der Waals surface area contributed by atoms with E-state index in [0.29, 0.717) is 24.2 Å². The van der Waals surface area contributed by atoms with Crippen LogP contribution in [0.2, 0.25) is 0 Å². The van der Waals surface area contributed by atoms with Gasteiger partial charge in [-0.05, 0) is 43.2 Å². The van der Waals surface area contributed by atoms with E-state index in [2.05, 4.69) is 36.3 Å². The van der Waals surface area contributed by atoms with Crippen molar-refractivity contribution in [2.45, 2.75) is 17.7 Å². The summed E-state index contributed by atoms with van der Waals surface area (Å²) in [7, 11) is -3.60. The second-order valence-corrected chi connectivity index (χ2v) is 9.71. The topological polar surface area (TPSA) is 110 Å². The van der Waals surface area contributed by atoms with E-state index in [-0.39, 0.29) is 29.8 Å². The quantitative estimate of drug-likeness (QED) is 0.587. The first kappa shape index (κ1) is 20.6. The summed E-state index contributed by atoms with van der Waals surface area (Å²) in [6, 6.07) is 8.61. The van der Waals surface area contributed by atoms with Gasteiger partial charge in [0, 0.05) is 35.9 Å². The van der Waals surface area contributed by atoms with Gasteiger partial charge in [-0.2, -0.15) is 9.40 Å². The Labute approximate surface area is 182 Å². The molecule has 1 amide bonds. The molecule has 0 atom stereocenters. The van der Waals surface area contributed by atoms with Crippen molar-refractivity contribution in [3.05, 3.63) is 59.9 Å². The zero-order chi connectivity index (χ0) is 21.1. The minimum atomic E-state index is -3.60. The van der Waals surface area contributed by atoms with Crippen LogP contribution in [0, 0.1) is 5.92 Å². The predicted octanol–water partition coefficient (Wildman–Crippen LogP) is 2.46. The van der Waals surface area contributed by atoms with Crippen LogP contribution in [0.25, 0.3) is 5.69 Å². The van der Waals surface area contributed by atoms with Crippen molar-refractivity contribution in [2.75, 3.05) is 18.4 Å². The lowest BCUT2D eigenvalue weighted by atomic mass is 9.97. The Morgan fingerprint density at radius 2 is 1.97 bits per heavy atom. The van der Waals surface area contributed by atoms with Gasteiger partial charge < -0.3 is 5.32 Å². The lowest BCUT2D eigenvalue weighted by Gasteiger charge is -2.30. The summed E-state index contributed by atoms with van der Waals surface area (Å²) < 4.78 is 29.3. The first-order valence-electron chi connectivity index (χ1n) is 9.31. The maximum atomic E-state index is 12.9. The summed E-state index contributed by atoms with van der Waals surface area (Å²) in [6.45, 7) is 0.563. The van der Waals surface area contributed by atoms with Gasteiger partial charge in [0.1, 0.15) is 17.6 Å². The van der Waals surface area contributed by atoms with Gasteiger partial charge in [0.05, 0.1) is 11.4 Å². The van der Waals surface area contributed by atoms with E-state index in [1.54, 1.807) is 23.1 Å². The van der Waals surface area contributed by atoms with Crippen molar-refractivity contribution in [1.29, 1.82) is 0 Å². The van der Waals surface area contributed by atoms with Gasteiger partial charge in [-0.15, -0.1) is 0 Å².